The average Bonchev–Trinajstić information content (AvgIpc) is 1.99. The Balaban J connectivity index is 3.72. The highest BCUT2D eigenvalue weighted by molar-refractivity contribution is 8.14. The van der Waals surface area contributed by atoms with Crippen LogP contribution in [-0.2, 0) is 0 Å². The normalized spacial score (nSPS) is 10.2. The van der Waals surface area contributed by atoms with Gasteiger partial charge in [0.15, 0.2) is 0 Å². The second-order valence-electron chi connectivity index (χ2n) is 2.47. The predicted molar refractivity (Wildman–Crippen MR) is 53.2 cm³/mol. The molecule has 0 aromatic heterocycles. The highest BCUT2D eigenvalue weighted by Crippen LogP contribution is 2.18. The van der Waals surface area contributed by atoms with Crippen molar-refractivity contribution in [2.75, 3.05) is 7.05 Å². The first-order chi connectivity index (χ1) is 5.11. The molecule has 1 N–H and O–H groups in total. The average molecular weight is 170 g/mol. The van der Waals surface area contributed by atoms with Crippen molar-refractivity contribution < 1.29 is 0 Å². The van der Waals surface area contributed by atoms with Gasteiger partial charge in [-0.2, -0.15) is 0 Å². The molecule has 0 saturated heterocycles. The van der Waals surface area contributed by atoms with E-state index in [0.717, 1.165) is 12.8 Å². The van der Waals surface area contributed by atoms with E-state index in [0.29, 0.717) is 10.4 Å². The van der Waals surface area contributed by atoms with Gasteiger partial charge in [-0.25, -0.2) is 0 Å². The summed E-state index contributed by atoms with van der Waals surface area (Å²) in [5, 5.41) is 8.42. The molecule has 2 radical (unpaired) electrons. The smallest absolute Gasteiger partial charge is 0.228 e. The minimum atomic E-state index is 0.443. The molecule has 0 aromatic rings. The Morgan fingerprint density at radius 2 is 2.00 bits per heavy atom. The van der Waals surface area contributed by atoms with E-state index in [4.69, 9.17) is 13.4 Å². The fraction of sp³-hybridized carbons (Fsp3) is 0.857. The molecule has 4 heteroatoms. The van der Waals surface area contributed by atoms with Crippen LogP contribution >= 0.6 is 11.8 Å². The first-order valence-electron chi connectivity index (χ1n) is 3.85. The van der Waals surface area contributed by atoms with Crippen LogP contribution in [0.1, 0.15) is 26.7 Å². The van der Waals surface area contributed by atoms with Gasteiger partial charge in [0.2, 0.25) is 7.98 Å². The van der Waals surface area contributed by atoms with E-state index in [9.17, 15) is 0 Å². The number of thioether (sulfide) groups is 1. The second-order valence-corrected chi connectivity index (χ2v) is 3.76. The van der Waals surface area contributed by atoms with E-state index < -0.39 is 0 Å². The second kappa shape index (κ2) is 5.52. The minimum Gasteiger partial charge on any atom is -0.408 e. The van der Waals surface area contributed by atoms with Gasteiger partial charge in [-0.3, -0.25) is 5.41 Å². The van der Waals surface area contributed by atoms with Crippen molar-refractivity contribution >= 4 is 24.9 Å². The van der Waals surface area contributed by atoms with Gasteiger partial charge in [0, 0.05) is 5.25 Å². The molecule has 0 aliphatic carbocycles. The molecule has 2 nitrogen and oxygen atoms in total. The highest BCUT2D eigenvalue weighted by atomic mass is 32.2. The summed E-state index contributed by atoms with van der Waals surface area (Å²) in [5.41, 5.74) is 0. The zero-order chi connectivity index (χ0) is 8.85. The van der Waals surface area contributed by atoms with Crippen LogP contribution in [-0.4, -0.2) is 30.3 Å². The van der Waals surface area contributed by atoms with Crippen LogP contribution in [0, 0.1) is 5.41 Å². The Labute approximate surface area is 74.7 Å². The maximum absolute atomic E-state index is 7.44. The molecule has 11 heavy (non-hydrogen) atoms. The summed E-state index contributed by atoms with van der Waals surface area (Å²) in [4.78, 5) is 1.35. The summed E-state index contributed by atoms with van der Waals surface area (Å²) in [5.74, 6) is 0. The summed E-state index contributed by atoms with van der Waals surface area (Å²) in [6, 6.07) is 0. The lowest BCUT2D eigenvalue weighted by atomic mass is 10.3. The Hall–Kier alpha value is -0.115. The molecule has 62 valence electrons. The van der Waals surface area contributed by atoms with Crippen LogP contribution in [0.4, 0.5) is 0 Å². The standard InChI is InChI=1S/C7H15BN2S/c1-4-6(5-2)11-7(9)10(3)8/h6,9H,4-5H2,1-3H3. The fourth-order valence-corrected chi connectivity index (χ4v) is 1.51. The number of nitrogens with zero attached hydrogens (tertiary/aromatic N) is 1. The van der Waals surface area contributed by atoms with Gasteiger partial charge in [0.25, 0.3) is 0 Å². The monoisotopic (exact) mass is 170 g/mol. The summed E-state index contributed by atoms with van der Waals surface area (Å²) >= 11 is 1.54. The number of hydrogen-bond donors (Lipinski definition) is 1. The van der Waals surface area contributed by atoms with Crippen molar-refractivity contribution in [1.29, 1.82) is 5.41 Å². The van der Waals surface area contributed by atoms with E-state index in [2.05, 4.69) is 13.8 Å². The van der Waals surface area contributed by atoms with Crippen LogP contribution in [0.2, 0.25) is 0 Å². The van der Waals surface area contributed by atoms with Gasteiger partial charge >= 0.3 is 0 Å². The lowest BCUT2D eigenvalue weighted by Gasteiger charge is -2.18. The Morgan fingerprint density at radius 3 is 2.27 bits per heavy atom. The van der Waals surface area contributed by atoms with Crippen LogP contribution < -0.4 is 0 Å². The predicted octanol–water partition coefficient (Wildman–Crippen LogP) is 1.86. The van der Waals surface area contributed by atoms with Gasteiger partial charge < -0.3 is 4.81 Å². The van der Waals surface area contributed by atoms with Crippen molar-refractivity contribution in [3.05, 3.63) is 0 Å². The maximum atomic E-state index is 7.44. The zero-order valence-corrected chi connectivity index (χ0v) is 8.24. The number of rotatable bonds is 3. The van der Waals surface area contributed by atoms with E-state index in [1.165, 1.54) is 16.6 Å². The van der Waals surface area contributed by atoms with E-state index in [1.54, 1.807) is 7.05 Å². The van der Waals surface area contributed by atoms with E-state index in [-0.39, 0.29) is 0 Å². The summed E-state index contributed by atoms with van der Waals surface area (Å²) in [6.07, 6.45) is 2.19. The molecule has 0 rings (SSSR count). The Morgan fingerprint density at radius 1 is 1.55 bits per heavy atom. The molecule has 0 aromatic carbocycles. The third-order valence-corrected chi connectivity index (χ3v) is 3.02. The topological polar surface area (TPSA) is 27.1 Å². The van der Waals surface area contributed by atoms with Crippen LogP contribution in [0.3, 0.4) is 0 Å². The van der Waals surface area contributed by atoms with Crippen molar-refractivity contribution in [2.24, 2.45) is 0 Å². The van der Waals surface area contributed by atoms with Crippen LogP contribution in [0.25, 0.3) is 0 Å². The zero-order valence-electron chi connectivity index (χ0n) is 7.42. The molecule has 0 atom stereocenters. The molecule has 0 aliphatic rings. The fourth-order valence-electron chi connectivity index (χ4n) is 0.696. The number of amidine groups is 1. The number of nitrogens with one attached hydrogen (secondary N) is 1. The third-order valence-electron chi connectivity index (χ3n) is 1.51. The van der Waals surface area contributed by atoms with Gasteiger partial charge in [-0.1, -0.05) is 25.6 Å². The lowest BCUT2D eigenvalue weighted by Crippen LogP contribution is -2.21. The van der Waals surface area contributed by atoms with E-state index in [1.807, 2.05) is 0 Å². The van der Waals surface area contributed by atoms with Crippen molar-refractivity contribution in [1.82, 2.24) is 4.81 Å². The Bertz CT molecular complexity index is 124. The van der Waals surface area contributed by atoms with Crippen molar-refractivity contribution in [2.45, 2.75) is 31.9 Å². The Kier molecular flexibility index (Phi) is 5.47. The first-order valence-corrected chi connectivity index (χ1v) is 4.73. The lowest BCUT2D eigenvalue weighted by molar-refractivity contribution is 0.787. The summed E-state index contributed by atoms with van der Waals surface area (Å²) < 4.78 is 0. The van der Waals surface area contributed by atoms with Crippen LogP contribution in [0.5, 0.6) is 0 Å². The van der Waals surface area contributed by atoms with Gasteiger partial charge in [0.05, 0.1) is 0 Å². The SMILES string of the molecule is [B]N(C)C(=N)SC(CC)CC. The third kappa shape index (κ3) is 4.35. The highest BCUT2D eigenvalue weighted by Gasteiger charge is 2.08. The van der Waals surface area contributed by atoms with Crippen LogP contribution in [0.15, 0.2) is 0 Å². The van der Waals surface area contributed by atoms with E-state index >= 15 is 0 Å². The van der Waals surface area contributed by atoms with Crippen molar-refractivity contribution in [3.63, 3.8) is 0 Å². The quantitative estimate of drug-likeness (QED) is 0.397. The molecular formula is C7H15BN2S. The summed E-state index contributed by atoms with van der Waals surface area (Å²) in [6.45, 7) is 4.26. The molecule has 0 saturated carbocycles. The molecular weight excluding hydrogens is 155 g/mol. The van der Waals surface area contributed by atoms with Gasteiger partial charge in [0.1, 0.15) is 5.17 Å². The van der Waals surface area contributed by atoms with Crippen molar-refractivity contribution in [3.8, 4) is 0 Å². The summed E-state index contributed by atoms with van der Waals surface area (Å²) in [7, 11) is 7.07. The van der Waals surface area contributed by atoms with Gasteiger partial charge in [-0.15, -0.1) is 0 Å². The molecule has 0 amide bonds. The molecule has 0 heterocycles. The molecule has 0 fully saturated rings. The maximum Gasteiger partial charge on any atom is 0.228 e. The minimum absolute atomic E-state index is 0.443. The first kappa shape index (κ1) is 10.9. The number of hydrogen-bond acceptors (Lipinski definition) is 2. The molecule has 0 bridgehead atoms. The van der Waals surface area contributed by atoms with Gasteiger partial charge in [-0.05, 0) is 19.9 Å². The molecule has 0 aliphatic heterocycles. The molecule has 0 spiro atoms. The largest absolute Gasteiger partial charge is 0.408 e. The molecule has 0 unspecified atom stereocenters.